The second-order valence-electron chi connectivity index (χ2n) is 3.38. The van der Waals surface area contributed by atoms with Crippen molar-refractivity contribution in [3.05, 3.63) is 0 Å². The van der Waals surface area contributed by atoms with Gasteiger partial charge in [-0.05, 0) is 5.92 Å². The lowest BCUT2D eigenvalue weighted by Crippen LogP contribution is -2.44. The first-order valence-electron chi connectivity index (χ1n) is 4.64. The van der Waals surface area contributed by atoms with Crippen molar-refractivity contribution in [2.45, 2.75) is 45.2 Å². The first kappa shape index (κ1) is 14.3. The van der Waals surface area contributed by atoms with Gasteiger partial charge in [0.05, 0.1) is 0 Å². The number of rotatable bonds is 5. The molecule has 0 aliphatic rings. The van der Waals surface area contributed by atoms with Gasteiger partial charge in [-0.25, -0.2) is 0 Å². The van der Waals surface area contributed by atoms with Gasteiger partial charge in [0, 0.05) is 6.42 Å². The summed E-state index contributed by atoms with van der Waals surface area (Å²) in [6.07, 6.45) is -5.68. The first-order chi connectivity index (χ1) is 6.66. The van der Waals surface area contributed by atoms with E-state index < -0.39 is 30.2 Å². The van der Waals surface area contributed by atoms with Gasteiger partial charge in [-0.3, -0.25) is 4.79 Å². The van der Waals surface area contributed by atoms with Crippen LogP contribution in [0.15, 0.2) is 0 Å². The third-order valence-corrected chi connectivity index (χ3v) is 2.33. The molecule has 0 spiro atoms. The van der Waals surface area contributed by atoms with E-state index in [0.29, 0.717) is 12.8 Å². The Morgan fingerprint density at radius 3 is 1.73 bits per heavy atom. The largest absolute Gasteiger partial charge is 0.461 e. The number of Topliss-reactive ketones (excluding diaryl/α,β-unsaturated/α-hetero) is 1. The Morgan fingerprint density at radius 1 is 1.07 bits per heavy atom. The molecule has 0 aliphatic heterocycles. The first-order valence-corrected chi connectivity index (χ1v) is 4.64. The molecule has 0 aromatic heterocycles. The molecule has 0 aliphatic carbocycles. The average molecular weight is 232 g/mol. The second kappa shape index (κ2) is 4.90. The van der Waals surface area contributed by atoms with Crippen LogP contribution in [0.5, 0.6) is 0 Å². The van der Waals surface area contributed by atoms with Gasteiger partial charge in [0.2, 0.25) is 5.78 Å². The molecule has 0 bridgehead atoms. The fraction of sp³-hybridized carbons (Fsp3) is 0.889. The molecule has 15 heavy (non-hydrogen) atoms. The summed E-state index contributed by atoms with van der Waals surface area (Å²) in [7, 11) is 0. The van der Waals surface area contributed by atoms with Gasteiger partial charge in [-0.2, -0.15) is 22.0 Å². The lowest BCUT2D eigenvalue weighted by Gasteiger charge is -2.20. The van der Waals surface area contributed by atoms with Crippen LogP contribution in [0.3, 0.4) is 0 Å². The van der Waals surface area contributed by atoms with Crippen molar-refractivity contribution in [3.8, 4) is 0 Å². The number of carbonyl (C=O) groups excluding carboxylic acids is 1. The number of ketones is 1. The van der Waals surface area contributed by atoms with E-state index in [1.54, 1.807) is 13.8 Å². The maximum absolute atomic E-state index is 12.5. The van der Waals surface area contributed by atoms with Crippen molar-refractivity contribution >= 4 is 5.78 Å². The van der Waals surface area contributed by atoms with Crippen LogP contribution < -0.4 is 0 Å². The van der Waals surface area contributed by atoms with Crippen LogP contribution in [0.2, 0.25) is 0 Å². The molecule has 0 saturated heterocycles. The third-order valence-electron chi connectivity index (χ3n) is 2.33. The summed E-state index contributed by atoms with van der Waals surface area (Å²) in [6.45, 7) is 3.29. The van der Waals surface area contributed by atoms with Crippen LogP contribution in [-0.2, 0) is 4.79 Å². The minimum Gasteiger partial charge on any atom is -0.293 e. The van der Waals surface area contributed by atoms with E-state index in [1.807, 2.05) is 0 Å². The predicted molar refractivity (Wildman–Crippen MR) is 44.7 cm³/mol. The van der Waals surface area contributed by atoms with Gasteiger partial charge in [0.15, 0.2) is 0 Å². The fourth-order valence-corrected chi connectivity index (χ4v) is 1.13. The molecule has 6 heteroatoms. The molecule has 90 valence electrons. The second-order valence-corrected chi connectivity index (χ2v) is 3.38. The Hall–Kier alpha value is -0.680. The third kappa shape index (κ3) is 3.43. The van der Waals surface area contributed by atoms with Crippen molar-refractivity contribution in [1.82, 2.24) is 0 Å². The maximum atomic E-state index is 12.5. The van der Waals surface area contributed by atoms with Crippen molar-refractivity contribution < 1.29 is 26.7 Å². The molecule has 0 unspecified atom stereocenters. The highest BCUT2D eigenvalue weighted by Gasteiger charge is 2.62. The maximum Gasteiger partial charge on any atom is 0.461 e. The van der Waals surface area contributed by atoms with Crippen LogP contribution >= 0.6 is 0 Å². The van der Waals surface area contributed by atoms with E-state index in [-0.39, 0.29) is 0 Å². The zero-order valence-corrected chi connectivity index (χ0v) is 8.50. The zero-order chi connectivity index (χ0) is 12.3. The highest BCUT2D eigenvalue weighted by Crippen LogP contribution is 2.37. The number of hydrogen-bond donors (Lipinski definition) is 0. The number of hydrogen-bond acceptors (Lipinski definition) is 1. The van der Waals surface area contributed by atoms with Gasteiger partial charge < -0.3 is 0 Å². The molecule has 0 amide bonds. The Balaban J connectivity index is 4.58. The molecule has 1 nitrogen and oxygen atoms in total. The Bertz CT molecular complexity index is 217. The quantitative estimate of drug-likeness (QED) is 0.662. The Morgan fingerprint density at radius 2 is 1.47 bits per heavy atom. The minimum atomic E-state index is -5.78. The molecule has 0 atom stereocenters. The van der Waals surface area contributed by atoms with Gasteiger partial charge in [0.1, 0.15) is 0 Å². The lowest BCUT2D eigenvalue weighted by molar-refractivity contribution is -0.269. The van der Waals surface area contributed by atoms with Crippen molar-refractivity contribution in [3.63, 3.8) is 0 Å². The SMILES string of the molecule is CCC(CC)CC(=O)C(F)(F)C(F)(F)F. The van der Waals surface area contributed by atoms with Crippen LogP contribution in [0.25, 0.3) is 0 Å². The molecule has 0 saturated carbocycles. The van der Waals surface area contributed by atoms with E-state index in [1.165, 1.54) is 0 Å². The monoisotopic (exact) mass is 232 g/mol. The van der Waals surface area contributed by atoms with Crippen molar-refractivity contribution in [2.24, 2.45) is 5.92 Å². The molecule has 0 fully saturated rings. The highest BCUT2D eigenvalue weighted by molar-refractivity contribution is 5.86. The van der Waals surface area contributed by atoms with E-state index in [4.69, 9.17) is 0 Å². The summed E-state index contributed by atoms with van der Waals surface area (Å²) in [4.78, 5) is 10.8. The predicted octanol–water partition coefficient (Wildman–Crippen LogP) is 3.58. The van der Waals surface area contributed by atoms with Crippen LogP contribution in [0.4, 0.5) is 22.0 Å². The van der Waals surface area contributed by atoms with Crippen molar-refractivity contribution in [2.75, 3.05) is 0 Å². The van der Waals surface area contributed by atoms with Gasteiger partial charge in [0.25, 0.3) is 0 Å². The molecule has 0 heterocycles. The molecular formula is C9H13F5O. The highest BCUT2D eigenvalue weighted by atomic mass is 19.4. The Labute approximate surface area is 84.6 Å². The summed E-state index contributed by atoms with van der Waals surface area (Å²) in [5, 5.41) is 0. The molecule has 0 aromatic rings. The Kier molecular flexibility index (Phi) is 4.67. The summed E-state index contributed by atoms with van der Waals surface area (Å²) in [6, 6.07) is 0. The van der Waals surface area contributed by atoms with Crippen LogP contribution in [0.1, 0.15) is 33.1 Å². The summed E-state index contributed by atoms with van der Waals surface area (Å²) in [5.74, 6) is -7.66. The van der Waals surface area contributed by atoms with E-state index in [9.17, 15) is 26.7 Å². The normalized spacial score (nSPS) is 13.3. The van der Waals surface area contributed by atoms with E-state index in [2.05, 4.69) is 0 Å². The molecule has 0 aromatic carbocycles. The van der Waals surface area contributed by atoms with E-state index >= 15 is 0 Å². The van der Waals surface area contributed by atoms with Gasteiger partial charge in [-0.1, -0.05) is 26.7 Å². The summed E-state index contributed by atoms with van der Waals surface area (Å²) >= 11 is 0. The average Bonchev–Trinajstić information content (AvgIpc) is 2.11. The summed E-state index contributed by atoms with van der Waals surface area (Å²) in [5.41, 5.74) is 0. The molecular weight excluding hydrogens is 219 g/mol. The number of alkyl halides is 5. The molecule has 0 N–H and O–H groups in total. The fourth-order valence-electron chi connectivity index (χ4n) is 1.13. The topological polar surface area (TPSA) is 17.1 Å². The molecule has 0 rings (SSSR count). The smallest absolute Gasteiger partial charge is 0.293 e. The number of halogens is 5. The van der Waals surface area contributed by atoms with Crippen molar-refractivity contribution in [1.29, 1.82) is 0 Å². The van der Waals surface area contributed by atoms with Gasteiger partial charge >= 0.3 is 12.1 Å². The van der Waals surface area contributed by atoms with Crippen LogP contribution in [-0.4, -0.2) is 17.9 Å². The minimum absolute atomic E-state index is 0.411. The van der Waals surface area contributed by atoms with E-state index in [0.717, 1.165) is 0 Å². The lowest BCUT2D eigenvalue weighted by atomic mass is 9.94. The molecule has 0 radical (unpaired) electrons. The summed E-state index contributed by atoms with van der Waals surface area (Å²) < 4.78 is 60.3. The van der Waals surface area contributed by atoms with Gasteiger partial charge in [-0.15, -0.1) is 0 Å². The zero-order valence-electron chi connectivity index (χ0n) is 8.50. The van der Waals surface area contributed by atoms with Crippen LogP contribution in [0, 0.1) is 5.92 Å². The standard InChI is InChI=1S/C9H13F5O/c1-3-6(4-2)5-7(15)8(10,11)9(12,13)14/h6H,3-5H2,1-2H3. The number of carbonyl (C=O) groups is 1.